The van der Waals surface area contributed by atoms with Crippen molar-refractivity contribution < 1.29 is 4.79 Å². The number of hydrogen-bond donors (Lipinski definition) is 2. The molecule has 2 aliphatic rings. The van der Waals surface area contributed by atoms with Gasteiger partial charge in [-0.3, -0.25) is 14.7 Å². The largest absolute Gasteiger partial charge is 0.359 e. The summed E-state index contributed by atoms with van der Waals surface area (Å²) in [7, 11) is 3.59. The number of amides is 1. The Kier molecular flexibility index (Phi) is 8.14. The average Bonchev–Trinajstić information content (AvgIpc) is 2.77. The van der Waals surface area contributed by atoms with Crippen LogP contribution in [0.1, 0.15) is 44.2 Å². The van der Waals surface area contributed by atoms with Crippen LogP contribution >= 0.6 is 0 Å². The van der Waals surface area contributed by atoms with Gasteiger partial charge in [0.25, 0.3) is 0 Å². The number of rotatable bonds is 6. The van der Waals surface area contributed by atoms with E-state index in [9.17, 15) is 4.79 Å². The van der Waals surface area contributed by atoms with Crippen LogP contribution in [0.3, 0.4) is 0 Å². The smallest absolute Gasteiger partial charge is 0.220 e. The van der Waals surface area contributed by atoms with Crippen molar-refractivity contribution >= 4 is 11.9 Å². The number of aliphatic imine (C=N–C) groups is 1. The van der Waals surface area contributed by atoms with E-state index in [1.165, 1.54) is 11.1 Å². The van der Waals surface area contributed by atoms with Crippen LogP contribution in [0.25, 0.3) is 0 Å². The number of carbonyl (C=O) groups is 1. The van der Waals surface area contributed by atoms with Gasteiger partial charge in [-0.2, -0.15) is 0 Å². The fourth-order valence-corrected chi connectivity index (χ4v) is 4.83. The summed E-state index contributed by atoms with van der Waals surface area (Å²) in [6.07, 6.45) is 3.87. The molecule has 1 saturated heterocycles. The molecular weight excluding hydrogens is 374 g/mol. The normalized spacial score (nSPS) is 19.5. The van der Waals surface area contributed by atoms with Crippen molar-refractivity contribution in [2.45, 2.75) is 52.1 Å². The van der Waals surface area contributed by atoms with Crippen LogP contribution in [0, 0.1) is 11.8 Å². The zero-order chi connectivity index (χ0) is 21.5. The van der Waals surface area contributed by atoms with Crippen LogP contribution in [-0.2, 0) is 17.8 Å². The van der Waals surface area contributed by atoms with Crippen molar-refractivity contribution in [3.63, 3.8) is 0 Å². The predicted octanol–water partition coefficient (Wildman–Crippen LogP) is 2.49. The minimum Gasteiger partial charge on any atom is -0.359 e. The molecule has 0 spiro atoms. The van der Waals surface area contributed by atoms with Gasteiger partial charge in [0.05, 0.1) is 0 Å². The van der Waals surface area contributed by atoms with Gasteiger partial charge in [-0.1, -0.05) is 38.1 Å². The molecule has 0 saturated carbocycles. The Morgan fingerprint density at radius 1 is 1.17 bits per heavy atom. The standard InChI is InChI=1S/C24H39N5O/c1-18(2)22(29-14-11-20-7-5-6-8-21(20)17-29)16-27-24(26-4)28-12-9-19(10-13-28)15-23(30)25-3/h5-8,18-19,22H,9-17H2,1-4H3,(H,25,30)(H,26,27). The first-order valence-corrected chi connectivity index (χ1v) is 11.5. The number of hydrogen-bond acceptors (Lipinski definition) is 3. The number of fused-ring (bicyclic) bond motifs is 1. The Morgan fingerprint density at radius 3 is 2.50 bits per heavy atom. The number of piperidine rings is 1. The Morgan fingerprint density at radius 2 is 1.87 bits per heavy atom. The Hall–Kier alpha value is -2.08. The van der Waals surface area contributed by atoms with Gasteiger partial charge in [0.15, 0.2) is 5.96 Å². The number of nitrogens with one attached hydrogen (secondary N) is 2. The highest BCUT2D eigenvalue weighted by atomic mass is 16.1. The molecule has 2 heterocycles. The molecule has 1 amide bonds. The summed E-state index contributed by atoms with van der Waals surface area (Å²) in [5.41, 5.74) is 2.97. The molecule has 0 bridgehead atoms. The highest BCUT2D eigenvalue weighted by molar-refractivity contribution is 5.80. The quantitative estimate of drug-likeness (QED) is 0.556. The van der Waals surface area contributed by atoms with Gasteiger partial charge in [-0.15, -0.1) is 0 Å². The van der Waals surface area contributed by atoms with E-state index >= 15 is 0 Å². The van der Waals surface area contributed by atoms with Crippen LogP contribution in [0.5, 0.6) is 0 Å². The van der Waals surface area contributed by atoms with Crippen LogP contribution in [0.4, 0.5) is 0 Å². The predicted molar refractivity (Wildman–Crippen MR) is 124 cm³/mol. The minimum atomic E-state index is 0.152. The molecule has 2 N–H and O–H groups in total. The fraction of sp³-hybridized carbons (Fsp3) is 0.667. The van der Waals surface area contributed by atoms with E-state index < -0.39 is 0 Å². The molecule has 0 radical (unpaired) electrons. The summed E-state index contributed by atoms with van der Waals surface area (Å²) in [5, 5.41) is 6.41. The second-order valence-corrected chi connectivity index (χ2v) is 9.04. The van der Waals surface area contributed by atoms with Crippen LogP contribution in [0.2, 0.25) is 0 Å². The van der Waals surface area contributed by atoms with Crippen LogP contribution < -0.4 is 10.6 Å². The summed E-state index contributed by atoms with van der Waals surface area (Å²) < 4.78 is 0. The molecule has 1 atom stereocenters. The van der Waals surface area contributed by atoms with Crippen LogP contribution in [-0.4, -0.2) is 68.0 Å². The lowest BCUT2D eigenvalue weighted by atomic mass is 9.93. The lowest BCUT2D eigenvalue weighted by molar-refractivity contribution is -0.121. The molecule has 1 fully saturated rings. The summed E-state index contributed by atoms with van der Waals surface area (Å²) in [4.78, 5) is 21.2. The number of carbonyl (C=O) groups excluding carboxylic acids is 1. The monoisotopic (exact) mass is 413 g/mol. The third-order valence-corrected chi connectivity index (χ3v) is 6.75. The maximum Gasteiger partial charge on any atom is 0.220 e. The third-order valence-electron chi connectivity index (χ3n) is 6.75. The van der Waals surface area contributed by atoms with Gasteiger partial charge in [0, 0.05) is 59.3 Å². The summed E-state index contributed by atoms with van der Waals surface area (Å²) in [6, 6.07) is 9.32. The zero-order valence-electron chi connectivity index (χ0n) is 19.2. The molecule has 166 valence electrons. The molecular formula is C24H39N5O. The molecule has 0 aromatic heterocycles. The lowest BCUT2D eigenvalue weighted by Gasteiger charge is -2.39. The van der Waals surface area contributed by atoms with Crippen LogP contribution in [0.15, 0.2) is 29.3 Å². The van der Waals surface area contributed by atoms with Crippen molar-refractivity contribution in [2.24, 2.45) is 16.8 Å². The molecule has 6 nitrogen and oxygen atoms in total. The first-order chi connectivity index (χ1) is 14.5. The molecule has 2 aliphatic heterocycles. The lowest BCUT2D eigenvalue weighted by Crippen LogP contribution is -2.52. The Labute approximate surface area is 182 Å². The molecule has 1 aromatic rings. The van der Waals surface area contributed by atoms with Crippen molar-refractivity contribution in [3.05, 3.63) is 35.4 Å². The fourth-order valence-electron chi connectivity index (χ4n) is 4.83. The second kappa shape index (κ2) is 10.8. The van der Waals surface area contributed by atoms with Gasteiger partial charge in [0.2, 0.25) is 5.91 Å². The molecule has 0 aliphatic carbocycles. The second-order valence-electron chi connectivity index (χ2n) is 9.04. The highest BCUT2D eigenvalue weighted by Crippen LogP contribution is 2.23. The molecule has 1 aromatic carbocycles. The van der Waals surface area contributed by atoms with Gasteiger partial charge in [-0.05, 0) is 42.2 Å². The van der Waals surface area contributed by atoms with E-state index in [0.717, 1.165) is 57.9 Å². The molecule has 30 heavy (non-hydrogen) atoms. The Bertz CT molecular complexity index is 724. The number of likely N-dealkylation sites (tertiary alicyclic amines) is 1. The van der Waals surface area contributed by atoms with Crippen molar-refractivity contribution in [3.8, 4) is 0 Å². The van der Waals surface area contributed by atoms with E-state index in [2.05, 4.69) is 63.5 Å². The van der Waals surface area contributed by atoms with E-state index in [0.29, 0.717) is 24.3 Å². The summed E-state index contributed by atoms with van der Waals surface area (Å²) in [5.74, 6) is 2.20. The SMILES string of the molecule is CN=C(NCC(C(C)C)N1CCc2ccccc2C1)N1CCC(CC(=O)NC)CC1. The number of guanidine groups is 1. The maximum atomic E-state index is 11.7. The number of benzene rings is 1. The summed E-state index contributed by atoms with van der Waals surface area (Å²) >= 11 is 0. The van der Waals surface area contributed by atoms with E-state index in [1.807, 2.05) is 7.05 Å². The molecule has 3 rings (SSSR count). The first-order valence-electron chi connectivity index (χ1n) is 11.5. The van der Waals surface area contributed by atoms with Gasteiger partial charge < -0.3 is 15.5 Å². The van der Waals surface area contributed by atoms with Gasteiger partial charge >= 0.3 is 0 Å². The minimum absolute atomic E-state index is 0.152. The summed E-state index contributed by atoms with van der Waals surface area (Å²) in [6.45, 7) is 9.62. The van der Waals surface area contributed by atoms with Crippen molar-refractivity contribution in [2.75, 3.05) is 40.3 Å². The van der Waals surface area contributed by atoms with E-state index in [1.54, 1.807) is 7.05 Å². The molecule has 1 unspecified atom stereocenters. The Balaban J connectivity index is 1.53. The third kappa shape index (κ3) is 5.75. The van der Waals surface area contributed by atoms with Gasteiger partial charge in [0.1, 0.15) is 0 Å². The van der Waals surface area contributed by atoms with Gasteiger partial charge in [-0.25, -0.2) is 0 Å². The zero-order valence-corrected chi connectivity index (χ0v) is 19.2. The maximum absolute atomic E-state index is 11.7. The number of nitrogens with zero attached hydrogens (tertiary/aromatic N) is 3. The van der Waals surface area contributed by atoms with Crippen molar-refractivity contribution in [1.29, 1.82) is 0 Å². The first kappa shape index (κ1) is 22.6. The topological polar surface area (TPSA) is 60.0 Å². The van der Waals surface area contributed by atoms with E-state index in [-0.39, 0.29) is 5.91 Å². The van der Waals surface area contributed by atoms with E-state index in [4.69, 9.17) is 0 Å². The molecule has 6 heteroatoms. The van der Waals surface area contributed by atoms with Crippen molar-refractivity contribution in [1.82, 2.24) is 20.4 Å². The average molecular weight is 414 g/mol. The highest BCUT2D eigenvalue weighted by Gasteiger charge is 2.27.